The second kappa shape index (κ2) is 18.3. The summed E-state index contributed by atoms with van der Waals surface area (Å²) >= 11 is 0. The molecule has 0 N–H and O–H groups in total. The molecule has 2 aliphatic rings. The van der Waals surface area contributed by atoms with E-state index in [4.69, 9.17) is 8.83 Å². The van der Waals surface area contributed by atoms with E-state index in [1.165, 1.54) is 106 Å². The van der Waals surface area contributed by atoms with E-state index < -0.39 is 0 Å². The molecule has 78 heavy (non-hydrogen) atoms. The summed E-state index contributed by atoms with van der Waals surface area (Å²) in [5, 5.41) is 11.8. The molecule has 0 aliphatic heterocycles. The molecule has 2 aromatic heterocycles. The number of hydrogen-bond acceptors (Lipinski definition) is 4. The van der Waals surface area contributed by atoms with Crippen molar-refractivity contribution in [2.24, 2.45) is 0 Å². The molecule has 374 valence electrons. The van der Waals surface area contributed by atoms with E-state index in [1.54, 1.807) is 0 Å². The average Bonchev–Trinajstić information content (AvgIpc) is 4.47. The van der Waals surface area contributed by atoms with E-state index >= 15 is 0 Å². The first-order valence-electron chi connectivity index (χ1n) is 28.2. The van der Waals surface area contributed by atoms with Crippen LogP contribution >= 0.6 is 0 Å². The van der Waals surface area contributed by atoms with Crippen molar-refractivity contribution in [3.63, 3.8) is 0 Å². The van der Waals surface area contributed by atoms with Gasteiger partial charge in [0, 0.05) is 43.4 Å². The Morgan fingerprint density at radius 1 is 0.269 bits per heavy atom. The van der Waals surface area contributed by atoms with Crippen molar-refractivity contribution in [3.8, 4) is 22.3 Å². The predicted octanol–water partition coefficient (Wildman–Crippen LogP) is 22.0. The monoisotopic (exact) mass is 1000 g/mol. The second-order valence-corrected chi connectivity index (χ2v) is 22.0. The Morgan fingerprint density at radius 2 is 0.628 bits per heavy atom. The van der Waals surface area contributed by atoms with Gasteiger partial charge in [0.2, 0.25) is 0 Å². The van der Waals surface area contributed by atoms with Crippen LogP contribution in [0.15, 0.2) is 239 Å². The highest BCUT2D eigenvalue weighted by atomic mass is 16.3. The molecule has 4 heteroatoms. The van der Waals surface area contributed by atoms with Gasteiger partial charge in [0.25, 0.3) is 0 Å². The highest BCUT2D eigenvalue weighted by Crippen LogP contribution is 2.53. The number of furan rings is 2. The fraction of sp³-hybridized carbons (Fsp3) is 0.135. The summed E-state index contributed by atoms with van der Waals surface area (Å²) in [5.74, 6) is 1.03. The van der Waals surface area contributed by atoms with Gasteiger partial charge in [0.05, 0.1) is 34.1 Å². The normalized spacial score (nSPS) is 14.4. The Morgan fingerprint density at radius 3 is 1.06 bits per heavy atom. The van der Waals surface area contributed by atoms with Crippen molar-refractivity contribution in [1.29, 1.82) is 0 Å². The lowest BCUT2D eigenvalue weighted by molar-refractivity contribution is 0.643. The molecule has 14 aromatic rings. The maximum absolute atomic E-state index is 7.32. The molecule has 0 bridgehead atoms. The van der Waals surface area contributed by atoms with Crippen molar-refractivity contribution in [1.82, 2.24) is 0 Å². The average molecular weight is 1010 g/mol. The van der Waals surface area contributed by atoms with Gasteiger partial charge in [-0.2, -0.15) is 0 Å². The van der Waals surface area contributed by atoms with Crippen molar-refractivity contribution < 1.29 is 8.83 Å². The summed E-state index contributed by atoms with van der Waals surface area (Å²) < 4.78 is 14.6. The number of fused-ring (bicyclic) bond motifs is 6. The van der Waals surface area contributed by atoms with E-state index in [0.717, 1.165) is 89.5 Å². The summed E-state index contributed by atoms with van der Waals surface area (Å²) in [6, 6.07) is 85.1. The van der Waals surface area contributed by atoms with Crippen molar-refractivity contribution >= 4 is 110 Å². The Bertz CT molecular complexity index is 4300. The standard InChI is InChI=1S/C74H56N2O2/c1-3-19-47(20-4-1)53-27-11-13-35-63(53)75(67-37-17-33-59-57-31-15-29-55(49-23-7-8-24-49)71(57)77-73(59)67)65-45-41-51-40-44-62-66(46-42-52-39-43-61(65)69(51)70(52)62)76(64-36-14-12-28-54(64)48-21-5-2-6-22-48)68-38-18-34-60-58-32-16-30-56(50-25-9-10-26-50)72(58)78-74(60)68/h1-6,11-22,27-46,49-50H,7-10,23-26H2. The summed E-state index contributed by atoms with van der Waals surface area (Å²) in [6.07, 6.45) is 9.90. The van der Waals surface area contributed by atoms with Crippen molar-refractivity contribution in [2.75, 3.05) is 9.80 Å². The number of rotatable bonds is 10. The van der Waals surface area contributed by atoms with Crippen LogP contribution in [0.5, 0.6) is 0 Å². The maximum atomic E-state index is 7.32. The summed E-state index contributed by atoms with van der Waals surface area (Å²) in [6.45, 7) is 0. The Hall–Kier alpha value is -9.12. The van der Waals surface area contributed by atoms with Gasteiger partial charge in [0.15, 0.2) is 11.2 Å². The first kappa shape index (κ1) is 45.1. The zero-order valence-corrected chi connectivity index (χ0v) is 43.5. The van der Waals surface area contributed by atoms with Crippen LogP contribution in [-0.4, -0.2) is 0 Å². The lowest BCUT2D eigenvalue weighted by atomic mass is 9.91. The molecule has 4 nitrogen and oxygen atoms in total. The highest BCUT2D eigenvalue weighted by Gasteiger charge is 2.30. The summed E-state index contributed by atoms with van der Waals surface area (Å²) in [5.41, 5.74) is 17.5. The third kappa shape index (κ3) is 7.05. The van der Waals surface area contributed by atoms with Gasteiger partial charge in [-0.15, -0.1) is 0 Å². The number of anilines is 6. The van der Waals surface area contributed by atoms with Crippen molar-refractivity contribution in [2.45, 2.75) is 63.2 Å². The number of benzene rings is 12. The minimum atomic E-state index is 0.513. The molecule has 2 heterocycles. The predicted molar refractivity (Wildman–Crippen MR) is 327 cm³/mol. The SMILES string of the molecule is c1ccc(-c2ccccc2N(c2ccc3ccc4c(N(c5ccccc5-c5ccccc5)c5cccc6c5oc5c(C7CCCC7)cccc56)ccc5ccc2c3c54)c2cccc3c2oc2c(C4CCCC4)cccc23)cc1. The zero-order chi connectivity index (χ0) is 51.3. The smallest absolute Gasteiger partial charge is 0.159 e. The van der Waals surface area contributed by atoms with Gasteiger partial charge in [0.1, 0.15) is 11.2 Å². The molecular weight excluding hydrogens is 949 g/mol. The van der Waals surface area contributed by atoms with Gasteiger partial charge >= 0.3 is 0 Å². The molecule has 2 fully saturated rings. The molecule has 2 aliphatic carbocycles. The first-order valence-corrected chi connectivity index (χ1v) is 28.2. The highest BCUT2D eigenvalue weighted by molar-refractivity contribution is 6.29. The lowest BCUT2D eigenvalue weighted by Gasteiger charge is -2.31. The van der Waals surface area contributed by atoms with Crippen LogP contribution in [0.3, 0.4) is 0 Å². The number of para-hydroxylation sites is 6. The molecule has 0 amide bonds. The van der Waals surface area contributed by atoms with Crippen LogP contribution in [-0.2, 0) is 0 Å². The van der Waals surface area contributed by atoms with E-state index in [-0.39, 0.29) is 0 Å². The Labute approximate surface area is 453 Å². The van der Waals surface area contributed by atoms with E-state index in [9.17, 15) is 0 Å². The van der Waals surface area contributed by atoms with Gasteiger partial charge < -0.3 is 18.6 Å². The molecule has 0 atom stereocenters. The molecule has 0 unspecified atom stereocenters. The Balaban J connectivity index is 0.960. The summed E-state index contributed by atoms with van der Waals surface area (Å²) in [7, 11) is 0. The molecular formula is C74H56N2O2. The topological polar surface area (TPSA) is 32.8 Å². The molecule has 2 saturated carbocycles. The fourth-order valence-corrected chi connectivity index (χ4v) is 14.1. The quantitative estimate of drug-likeness (QED) is 0.128. The van der Waals surface area contributed by atoms with Crippen LogP contribution < -0.4 is 9.80 Å². The van der Waals surface area contributed by atoms with E-state index in [0.29, 0.717) is 11.8 Å². The summed E-state index contributed by atoms with van der Waals surface area (Å²) in [4.78, 5) is 4.97. The van der Waals surface area contributed by atoms with Gasteiger partial charge in [-0.3, -0.25) is 0 Å². The third-order valence-corrected chi connectivity index (χ3v) is 17.7. The van der Waals surface area contributed by atoms with Crippen LogP contribution in [0.4, 0.5) is 34.1 Å². The fourth-order valence-electron chi connectivity index (χ4n) is 14.1. The largest absolute Gasteiger partial charge is 0.454 e. The van der Waals surface area contributed by atoms with Crippen LogP contribution in [0.2, 0.25) is 0 Å². The molecule has 0 saturated heterocycles. The van der Waals surface area contributed by atoms with Crippen LogP contribution in [0.25, 0.3) is 98.4 Å². The van der Waals surface area contributed by atoms with E-state index in [1.807, 2.05) is 0 Å². The minimum absolute atomic E-state index is 0.513. The lowest BCUT2D eigenvalue weighted by Crippen LogP contribution is -2.13. The van der Waals surface area contributed by atoms with Gasteiger partial charge in [-0.1, -0.05) is 220 Å². The molecule has 12 aromatic carbocycles. The second-order valence-electron chi connectivity index (χ2n) is 22.0. The van der Waals surface area contributed by atoms with Crippen LogP contribution in [0.1, 0.15) is 74.3 Å². The van der Waals surface area contributed by atoms with Gasteiger partial charge in [-0.05, 0) is 118 Å². The first-order chi connectivity index (χ1) is 38.7. The van der Waals surface area contributed by atoms with Crippen molar-refractivity contribution in [3.05, 3.63) is 242 Å². The number of nitrogens with zero attached hydrogens (tertiary/aromatic N) is 2. The maximum Gasteiger partial charge on any atom is 0.159 e. The Kier molecular flexibility index (Phi) is 10.6. The molecule has 0 spiro atoms. The number of hydrogen-bond donors (Lipinski definition) is 0. The zero-order valence-electron chi connectivity index (χ0n) is 43.5. The third-order valence-electron chi connectivity index (χ3n) is 17.7. The molecule has 16 rings (SSSR count). The van der Waals surface area contributed by atoms with E-state index in [2.05, 4.69) is 240 Å². The minimum Gasteiger partial charge on any atom is -0.454 e. The van der Waals surface area contributed by atoms with Crippen LogP contribution in [0, 0.1) is 0 Å². The molecule has 0 radical (unpaired) electrons. The van der Waals surface area contributed by atoms with Gasteiger partial charge in [-0.25, -0.2) is 0 Å².